The van der Waals surface area contributed by atoms with Gasteiger partial charge in [0.1, 0.15) is 22.4 Å². The molecule has 0 atom stereocenters. The van der Waals surface area contributed by atoms with Gasteiger partial charge in [-0.05, 0) is 76.1 Å². The number of nitriles is 1. The molecule has 0 aliphatic heterocycles. The number of hydrogen-bond acceptors (Lipinski definition) is 7. The van der Waals surface area contributed by atoms with E-state index in [-0.39, 0.29) is 38.0 Å². The van der Waals surface area contributed by atoms with E-state index in [0.717, 1.165) is 6.07 Å². The molecule has 0 heterocycles. The molecule has 0 aliphatic carbocycles. The van der Waals surface area contributed by atoms with E-state index >= 15 is 0 Å². The Morgan fingerprint density at radius 1 is 1.08 bits per heavy atom. The molecule has 0 spiro atoms. The lowest BCUT2D eigenvalue weighted by molar-refractivity contribution is -0.114. The van der Waals surface area contributed by atoms with Gasteiger partial charge in [-0.1, -0.05) is 12.1 Å². The SMILES string of the molecule is COc1cc(/C=C(\C#N)C(=O)Nc2ccccc2F)cc(Br)c1OS(=O)(=O)c1ccc(NC(C)=O)cc1. The molecule has 3 aromatic carbocycles. The van der Waals surface area contributed by atoms with Gasteiger partial charge in [0.2, 0.25) is 5.91 Å². The Kier molecular flexibility index (Phi) is 8.65. The summed E-state index contributed by atoms with van der Waals surface area (Å²) in [5, 5.41) is 14.3. The number of anilines is 2. The maximum atomic E-state index is 13.8. The lowest BCUT2D eigenvalue weighted by Gasteiger charge is -2.14. The maximum absolute atomic E-state index is 13.8. The first-order valence-electron chi connectivity index (χ1n) is 10.4. The molecular formula is C25H19BrFN3O6S. The number of ether oxygens (including phenoxy) is 1. The highest BCUT2D eigenvalue weighted by Gasteiger charge is 2.22. The Hall–Kier alpha value is -4.21. The van der Waals surface area contributed by atoms with Crippen LogP contribution in [0.5, 0.6) is 11.5 Å². The van der Waals surface area contributed by atoms with E-state index in [1.165, 1.54) is 74.7 Å². The third kappa shape index (κ3) is 6.93. The fourth-order valence-electron chi connectivity index (χ4n) is 3.04. The molecular weight excluding hydrogens is 569 g/mol. The van der Waals surface area contributed by atoms with Gasteiger partial charge in [-0.3, -0.25) is 9.59 Å². The van der Waals surface area contributed by atoms with Crippen molar-refractivity contribution in [3.63, 3.8) is 0 Å². The molecule has 2 N–H and O–H groups in total. The van der Waals surface area contributed by atoms with Gasteiger partial charge in [0, 0.05) is 12.6 Å². The number of halogens is 2. The van der Waals surface area contributed by atoms with Crippen LogP contribution in [-0.4, -0.2) is 27.3 Å². The third-order valence-electron chi connectivity index (χ3n) is 4.71. The number of para-hydroxylation sites is 1. The zero-order chi connectivity index (χ0) is 27.2. The summed E-state index contributed by atoms with van der Waals surface area (Å²) in [6.07, 6.45) is 1.22. The molecule has 0 aliphatic rings. The Bertz CT molecular complexity index is 1530. The van der Waals surface area contributed by atoms with Crippen LogP contribution in [-0.2, 0) is 19.7 Å². The van der Waals surface area contributed by atoms with Crippen molar-refractivity contribution in [3.8, 4) is 17.6 Å². The van der Waals surface area contributed by atoms with Gasteiger partial charge in [0.25, 0.3) is 5.91 Å². The van der Waals surface area contributed by atoms with Crippen LogP contribution in [0.15, 0.2) is 75.6 Å². The maximum Gasteiger partial charge on any atom is 0.339 e. The van der Waals surface area contributed by atoms with Crippen LogP contribution in [0, 0.1) is 17.1 Å². The molecule has 37 heavy (non-hydrogen) atoms. The zero-order valence-corrected chi connectivity index (χ0v) is 21.8. The summed E-state index contributed by atoms with van der Waals surface area (Å²) in [5.74, 6) is -1.98. The predicted molar refractivity (Wildman–Crippen MR) is 138 cm³/mol. The highest BCUT2D eigenvalue weighted by Crippen LogP contribution is 2.39. The molecule has 0 fully saturated rings. The molecule has 3 rings (SSSR count). The minimum Gasteiger partial charge on any atom is -0.493 e. The molecule has 9 nitrogen and oxygen atoms in total. The largest absolute Gasteiger partial charge is 0.493 e. The monoisotopic (exact) mass is 587 g/mol. The van der Waals surface area contributed by atoms with E-state index in [1.807, 2.05) is 0 Å². The Morgan fingerprint density at radius 2 is 1.76 bits per heavy atom. The number of amides is 2. The van der Waals surface area contributed by atoms with Crippen LogP contribution >= 0.6 is 15.9 Å². The lowest BCUT2D eigenvalue weighted by Crippen LogP contribution is -2.14. The lowest BCUT2D eigenvalue weighted by atomic mass is 10.1. The van der Waals surface area contributed by atoms with E-state index in [1.54, 1.807) is 6.07 Å². The van der Waals surface area contributed by atoms with Crippen molar-refractivity contribution in [2.24, 2.45) is 0 Å². The second-order valence-corrected chi connectivity index (χ2v) is 9.78. The number of carbonyl (C=O) groups excluding carboxylic acids is 2. The molecule has 0 unspecified atom stereocenters. The molecule has 0 saturated heterocycles. The molecule has 0 radical (unpaired) electrons. The van der Waals surface area contributed by atoms with Crippen molar-refractivity contribution in [2.75, 3.05) is 17.7 Å². The van der Waals surface area contributed by atoms with E-state index in [4.69, 9.17) is 8.92 Å². The number of carbonyl (C=O) groups is 2. The summed E-state index contributed by atoms with van der Waals surface area (Å²) in [4.78, 5) is 23.5. The molecule has 0 aromatic heterocycles. The fourth-order valence-corrected chi connectivity index (χ4v) is 4.64. The number of nitrogens with zero attached hydrogens (tertiary/aromatic N) is 1. The predicted octanol–water partition coefficient (Wildman–Crippen LogP) is 4.87. The van der Waals surface area contributed by atoms with E-state index in [9.17, 15) is 27.7 Å². The third-order valence-corrected chi connectivity index (χ3v) is 6.53. The summed E-state index contributed by atoms with van der Waals surface area (Å²) in [6.45, 7) is 1.32. The van der Waals surface area contributed by atoms with Gasteiger partial charge in [0.15, 0.2) is 11.5 Å². The number of methoxy groups -OCH3 is 1. The van der Waals surface area contributed by atoms with Gasteiger partial charge in [-0.25, -0.2) is 4.39 Å². The Balaban J connectivity index is 1.88. The minimum absolute atomic E-state index is 0.00846. The highest BCUT2D eigenvalue weighted by atomic mass is 79.9. The second kappa shape index (κ2) is 11.7. The normalized spacial score (nSPS) is 11.3. The van der Waals surface area contributed by atoms with Gasteiger partial charge in [0.05, 0.1) is 17.3 Å². The molecule has 12 heteroatoms. The fraction of sp³-hybridized carbons (Fsp3) is 0.0800. The van der Waals surface area contributed by atoms with Crippen LogP contribution in [0.2, 0.25) is 0 Å². The molecule has 2 amide bonds. The van der Waals surface area contributed by atoms with Crippen LogP contribution in [0.4, 0.5) is 15.8 Å². The van der Waals surface area contributed by atoms with Crippen molar-refractivity contribution in [1.29, 1.82) is 5.26 Å². The van der Waals surface area contributed by atoms with Crippen LogP contribution in [0.3, 0.4) is 0 Å². The standard InChI is InChI=1S/C25H19BrFN3O6S/c1-15(31)29-18-7-9-19(10-8-18)37(33,34)36-24-20(26)12-16(13-23(24)35-2)11-17(14-28)25(32)30-22-6-4-3-5-21(22)27/h3-13H,1-2H3,(H,29,31)(H,30,32)/b17-11+. The second-order valence-electron chi connectivity index (χ2n) is 7.38. The highest BCUT2D eigenvalue weighted by molar-refractivity contribution is 9.10. The quantitative estimate of drug-likeness (QED) is 0.218. The van der Waals surface area contributed by atoms with E-state index < -0.39 is 21.8 Å². The van der Waals surface area contributed by atoms with Gasteiger partial charge in [-0.2, -0.15) is 13.7 Å². The average molecular weight is 588 g/mol. The summed E-state index contributed by atoms with van der Waals surface area (Å²) >= 11 is 3.24. The molecule has 3 aromatic rings. The first-order valence-corrected chi connectivity index (χ1v) is 12.6. The number of hydrogen-bond donors (Lipinski definition) is 2. The van der Waals surface area contributed by atoms with Crippen molar-refractivity contribution in [3.05, 3.63) is 82.1 Å². The first-order chi connectivity index (χ1) is 17.5. The number of rotatable bonds is 8. The molecule has 0 bridgehead atoms. The topological polar surface area (TPSA) is 135 Å². The zero-order valence-electron chi connectivity index (χ0n) is 19.4. The summed E-state index contributed by atoms with van der Waals surface area (Å²) in [6, 6.07) is 15.4. The van der Waals surface area contributed by atoms with Crippen LogP contribution < -0.4 is 19.6 Å². The van der Waals surface area contributed by atoms with E-state index in [0.29, 0.717) is 11.3 Å². The van der Waals surface area contributed by atoms with Gasteiger partial charge in [-0.15, -0.1) is 0 Å². The van der Waals surface area contributed by atoms with Crippen molar-refractivity contribution >= 4 is 55.3 Å². The van der Waals surface area contributed by atoms with Crippen molar-refractivity contribution < 1.29 is 31.3 Å². The first kappa shape index (κ1) is 27.4. The van der Waals surface area contributed by atoms with Gasteiger partial charge < -0.3 is 19.6 Å². The minimum atomic E-state index is -4.30. The average Bonchev–Trinajstić information content (AvgIpc) is 2.85. The number of benzene rings is 3. The summed E-state index contributed by atoms with van der Waals surface area (Å²) in [5.41, 5.74) is 0.284. The van der Waals surface area contributed by atoms with Crippen LogP contribution in [0.1, 0.15) is 12.5 Å². The molecule has 0 saturated carbocycles. The number of nitrogens with one attached hydrogen (secondary N) is 2. The molecule has 190 valence electrons. The van der Waals surface area contributed by atoms with Gasteiger partial charge >= 0.3 is 10.1 Å². The summed E-state index contributed by atoms with van der Waals surface area (Å²) < 4.78 is 50.2. The smallest absolute Gasteiger partial charge is 0.339 e. The summed E-state index contributed by atoms with van der Waals surface area (Å²) in [7, 11) is -3.01. The van der Waals surface area contributed by atoms with Crippen molar-refractivity contribution in [1.82, 2.24) is 0 Å². The van der Waals surface area contributed by atoms with Crippen LogP contribution in [0.25, 0.3) is 6.08 Å². The van der Waals surface area contributed by atoms with E-state index in [2.05, 4.69) is 26.6 Å². The Labute approximate surface area is 220 Å². The Morgan fingerprint density at radius 3 is 2.35 bits per heavy atom. The van der Waals surface area contributed by atoms with Crippen molar-refractivity contribution in [2.45, 2.75) is 11.8 Å².